The van der Waals surface area contributed by atoms with Crippen molar-refractivity contribution in [1.29, 1.82) is 0 Å². The number of carbonyl (C=O) groups excluding carboxylic acids is 2. The fourth-order valence-corrected chi connectivity index (χ4v) is 4.82. The van der Waals surface area contributed by atoms with Crippen molar-refractivity contribution in [3.63, 3.8) is 0 Å². The van der Waals surface area contributed by atoms with E-state index in [1.54, 1.807) is 4.90 Å². The number of hydrogen-bond donors (Lipinski definition) is 0. The van der Waals surface area contributed by atoms with E-state index in [2.05, 4.69) is 4.98 Å². The lowest BCUT2D eigenvalue weighted by atomic mass is 10.1. The van der Waals surface area contributed by atoms with Crippen molar-refractivity contribution in [2.24, 2.45) is 0 Å². The standard InChI is InChI=1S/C24H22ClF3N4O3/c1-13(33)30-5-6-35-15(11-30)12-32-21-10-17(26)16(25)9-20(21)29-24(32)23-18(27)7-14(8-19(23)28)31-4-2-3-22(31)34/h7-10,15H,2-6,11-12H2,1H3/t15-/m1/s1. The molecule has 0 spiro atoms. The monoisotopic (exact) mass is 506 g/mol. The molecule has 2 aliphatic heterocycles. The van der Waals surface area contributed by atoms with Crippen LogP contribution in [0, 0.1) is 17.5 Å². The Morgan fingerprint density at radius 1 is 1.14 bits per heavy atom. The highest BCUT2D eigenvalue weighted by atomic mass is 35.5. The zero-order valence-electron chi connectivity index (χ0n) is 18.9. The molecule has 2 aliphatic rings. The second-order valence-electron chi connectivity index (χ2n) is 8.69. The Bertz CT molecular complexity index is 1320. The molecule has 2 saturated heterocycles. The molecule has 5 rings (SSSR count). The topological polar surface area (TPSA) is 67.7 Å². The van der Waals surface area contributed by atoms with Gasteiger partial charge in [-0.3, -0.25) is 9.59 Å². The molecule has 2 aromatic carbocycles. The third kappa shape index (κ3) is 4.36. The van der Waals surface area contributed by atoms with Crippen LogP contribution < -0.4 is 4.90 Å². The number of benzene rings is 2. The number of ether oxygens (including phenoxy) is 1. The average Bonchev–Trinajstić information content (AvgIpc) is 3.38. The Morgan fingerprint density at radius 3 is 2.54 bits per heavy atom. The Balaban J connectivity index is 1.61. The fraction of sp³-hybridized carbons (Fsp3) is 0.375. The molecular weight excluding hydrogens is 485 g/mol. The van der Waals surface area contributed by atoms with E-state index in [0.29, 0.717) is 32.5 Å². The smallest absolute Gasteiger partial charge is 0.227 e. The van der Waals surface area contributed by atoms with Gasteiger partial charge in [0.05, 0.1) is 40.9 Å². The molecule has 0 saturated carbocycles. The highest BCUT2D eigenvalue weighted by Gasteiger charge is 2.29. The first-order chi connectivity index (χ1) is 16.7. The number of carbonyl (C=O) groups is 2. The molecule has 35 heavy (non-hydrogen) atoms. The molecule has 184 valence electrons. The Hall–Kier alpha value is -3.11. The third-order valence-electron chi connectivity index (χ3n) is 6.40. The summed E-state index contributed by atoms with van der Waals surface area (Å²) in [6, 6.07) is 4.66. The molecule has 0 N–H and O–H groups in total. The van der Waals surface area contributed by atoms with E-state index < -0.39 is 29.1 Å². The van der Waals surface area contributed by atoms with Gasteiger partial charge in [-0.15, -0.1) is 0 Å². The molecule has 0 bridgehead atoms. The second-order valence-corrected chi connectivity index (χ2v) is 9.10. The van der Waals surface area contributed by atoms with E-state index in [9.17, 15) is 14.0 Å². The zero-order chi connectivity index (χ0) is 24.9. The highest BCUT2D eigenvalue weighted by molar-refractivity contribution is 6.31. The molecule has 7 nitrogen and oxygen atoms in total. The van der Waals surface area contributed by atoms with E-state index in [0.717, 1.165) is 18.2 Å². The van der Waals surface area contributed by atoms with E-state index in [1.807, 2.05) is 0 Å². The number of amides is 2. The summed E-state index contributed by atoms with van der Waals surface area (Å²) in [6.45, 7) is 2.92. The number of rotatable bonds is 4. The Morgan fingerprint density at radius 2 is 1.89 bits per heavy atom. The summed E-state index contributed by atoms with van der Waals surface area (Å²) >= 11 is 5.93. The molecule has 2 fully saturated rings. The lowest BCUT2D eigenvalue weighted by Gasteiger charge is -2.32. The van der Waals surface area contributed by atoms with E-state index in [4.69, 9.17) is 16.3 Å². The van der Waals surface area contributed by atoms with Crippen molar-refractivity contribution < 1.29 is 27.5 Å². The van der Waals surface area contributed by atoms with Crippen LogP contribution in [0.25, 0.3) is 22.4 Å². The maximum atomic E-state index is 15.4. The number of fused-ring (bicyclic) bond motifs is 1. The fourth-order valence-electron chi connectivity index (χ4n) is 4.67. The van der Waals surface area contributed by atoms with Crippen molar-refractivity contribution in [2.75, 3.05) is 31.1 Å². The lowest BCUT2D eigenvalue weighted by molar-refractivity contribution is -0.136. The number of anilines is 1. The molecule has 3 heterocycles. The summed E-state index contributed by atoms with van der Waals surface area (Å²) < 4.78 is 52.4. The third-order valence-corrected chi connectivity index (χ3v) is 6.69. The van der Waals surface area contributed by atoms with Crippen LogP contribution in [0.15, 0.2) is 24.3 Å². The summed E-state index contributed by atoms with van der Waals surface area (Å²) in [4.78, 5) is 31.3. The first-order valence-corrected chi connectivity index (χ1v) is 11.6. The predicted molar refractivity (Wildman–Crippen MR) is 124 cm³/mol. The van der Waals surface area contributed by atoms with Crippen LogP contribution in [-0.2, 0) is 20.9 Å². The predicted octanol–water partition coefficient (Wildman–Crippen LogP) is 4.15. The van der Waals surface area contributed by atoms with Crippen molar-refractivity contribution in [1.82, 2.24) is 14.5 Å². The van der Waals surface area contributed by atoms with Gasteiger partial charge in [0.1, 0.15) is 23.3 Å². The first-order valence-electron chi connectivity index (χ1n) is 11.2. The van der Waals surface area contributed by atoms with E-state index in [-0.39, 0.29) is 52.5 Å². The van der Waals surface area contributed by atoms with Crippen LogP contribution >= 0.6 is 11.6 Å². The minimum absolute atomic E-state index is 0.0699. The molecule has 0 unspecified atom stereocenters. The van der Waals surface area contributed by atoms with E-state index in [1.165, 1.54) is 22.5 Å². The minimum Gasteiger partial charge on any atom is -0.373 e. The summed E-state index contributed by atoms with van der Waals surface area (Å²) in [7, 11) is 0. The van der Waals surface area contributed by atoms with Gasteiger partial charge in [0, 0.05) is 44.7 Å². The van der Waals surface area contributed by atoms with Crippen LogP contribution in [0.5, 0.6) is 0 Å². The molecule has 1 atom stereocenters. The molecule has 11 heteroatoms. The maximum absolute atomic E-state index is 15.4. The minimum atomic E-state index is -0.905. The Kier molecular flexibility index (Phi) is 6.18. The van der Waals surface area contributed by atoms with Gasteiger partial charge in [0.25, 0.3) is 0 Å². The summed E-state index contributed by atoms with van der Waals surface area (Å²) in [5, 5.41) is -0.172. The SMILES string of the molecule is CC(=O)N1CCO[C@@H](Cn2c(-c3c(F)cc(N4CCCC4=O)cc3F)nc3cc(Cl)c(F)cc32)C1. The number of nitrogens with zero attached hydrogens (tertiary/aromatic N) is 4. The van der Waals surface area contributed by atoms with Gasteiger partial charge in [0.2, 0.25) is 11.8 Å². The second kappa shape index (κ2) is 9.16. The molecule has 0 aliphatic carbocycles. The van der Waals surface area contributed by atoms with Crippen molar-refractivity contribution in [3.05, 3.63) is 46.7 Å². The molecule has 0 radical (unpaired) electrons. The number of hydrogen-bond acceptors (Lipinski definition) is 4. The van der Waals surface area contributed by atoms with Crippen molar-refractivity contribution in [3.8, 4) is 11.4 Å². The largest absolute Gasteiger partial charge is 0.373 e. The first kappa shape index (κ1) is 23.6. The van der Waals surface area contributed by atoms with Crippen LogP contribution in [0.4, 0.5) is 18.9 Å². The van der Waals surface area contributed by atoms with Gasteiger partial charge in [-0.05, 0) is 24.6 Å². The van der Waals surface area contributed by atoms with Crippen molar-refractivity contribution in [2.45, 2.75) is 32.4 Å². The van der Waals surface area contributed by atoms with E-state index >= 15 is 8.78 Å². The molecule has 3 aromatic rings. The summed E-state index contributed by atoms with van der Waals surface area (Å²) in [6.07, 6.45) is 0.436. The van der Waals surface area contributed by atoms with Crippen LogP contribution in [0.2, 0.25) is 5.02 Å². The zero-order valence-corrected chi connectivity index (χ0v) is 19.6. The van der Waals surface area contributed by atoms with Crippen LogP contribution in [0.1, 0.15) is 19.8 Å². The Labute approximate surface area is 204 Å². The number of halogens is 4. The van der Waals surface area contributed by atoms with Crippen molar-refractivity contribution >= 4 is 40.1 Å². The average molecular weight is 507 g/mol. The number of morpholine rings is 1. The molecular formula is C24H22ClF3N4O3. The highest BCUT2D eigenvalue weighted by Crippen LogP contribution is 2.35. The molecule has 2 amide bonds. The van der Waals surface area contributed by atoms with Crippen LogP contribution in [-0.4, -0.2) is 58.6 Å². The van der Waals surface area contributed by atoms with Gasteiger partial charge in [-0.1, -0.05) is 11.6 Å². The number of imidazole rings is 1. The lowest BCUT2D eigenvalue weighted by Crippen LogP contribution is -2.46. The summed E-state index contributed by atoms with van der Waals surface area (Å²) in [5.41, 5.74) is 0.259. The van der Waals surface area contributed by atoms with Gasteiger partial charge >= 0.3 is 0 Å². The number of aromatic nitrogens is 2. The normalized spacial score (nSPS) is 18.7. The summed E-state index contributed by atoms with van der Waals surface area (Å²) in [5.74, 6) is -2.89. The maximum Gasteiger partial charge on any atom is 0.227 e. The quantitative estimate of drug-likeness (QED) is 0.533. The molecule has 1 aromatic heterocycles. The van der Waals surface area contributed by atoms with Gasteiger partial charge in [0.15, 0.2) is 0 Å². The van der Waals surface area contributed by atoms with Gasteiger partial charge < -0.3 is 19.1 Å². The van der Waals surface area contributed by atoms with Gasteiger partial charge in [-0.2, -0.15) is 0 Å². The van der Waals surface area contributed by atoms with Gasteiger partial charge in [-0.25, -0.2) is 18.2 Å². The van der Waals surface area contributed by atoms with Crippen LogP contribution in [0.3, 0.4) is 0 Å².